The van der Waals surface area contributed by atoms with Gasteiger partial charge in [0.05, 0.1) is 0 Å². The summed E-state index contributed by atoms with van der Waals surface area (Å²) in [5.74, 6) is 0. The van der Waals surface area contributed by atoms with Gasteiger partial charge < -0.3 is 0 Å². The molecule has 20 heavy (non-hydrogen) atoms. The molecule has 0 radical (unpaired) electrons. The van der Waals surface area contributed by atoms with Crippen LogP contribution in [0.15, 0.2) is 15.1 Å². The zero-order chi connectivity index (χ0) is 14.8. The Morgan fingerprint density at radius 1 is 1.15 bits per heavy atom. The summed E-state index contributed by atoms with van der Waals surface area (Å²) in [6, 6.07) is 0. The van der Waals surface area contributed by atoms with Gasteiger partial charge in [-0.15, -0.1) is 10.2 Å². The number of aromatic nitrogens is 3. The molecule has 0 saturated heterocycles. The molecule has 1 heterocycles. The van der Waals surface area contributed by atoms with Gasteiger partial charge >= 0.3 is 0 Å². The van der Waals surface area contributed by atoms with Crippen molar-refractivity contribution in [2.45, 2.75) is 63.4 Å². The molecule has 0 aliphatic heterocycles. The summed E-state index contributed by atoms with van der Waals surface area (Å²) in [6.07, 6.45) is 7.42. The lowest BCUT2D eigenvalue weighted by Gasteiger charge is -2.18. The van der Waals surface area contributed by atoms with Crippen molar-refractivity contribution in [2.75, 3.05) is 6.26 Å². The molecule has 1 fully saturated rings. The molecular weight excluding hydrogens is 272 g/mol. The minimum absolute atomic E-state index is 0.144. The molecule has 0 unspecified atom stereocenters. The van der Waals surface area contributed by atoms with Gasteiger partial charge in [0.1, 0.15) is 5.69 Å². The zero-order valence-corrected chi connectivity index (χ0v) is 13.5. The van der Waals surface area contributed by atoms with Crippen LogP contribution in [0.25, 0.3) is 0 Å². The van der Waals surface area contributed by atoms with Crippen LogP contribution in [0.5, 0.6) is 0 Å². The number of thioether (sulfide) groups is 1. The summed E-state index contributed by atoms with van der Waals surface area (Å²) in [5, 5.41) is 13.4. The minimum Gasteiger partial charge on any atom is -0.265 e. The molecule has 1 aliphatic rings. The average Bonchev–Trinajstić information content (AvgIpc) is 2.40. The molecule has 0 N–H and O–H groups in total. The molecule has 0 spiro atoms. The van der Waals surface area contributed by atoms with E-state index in [1.54, 1.807) is 0 Å². The Morgan fingerprint density at radius 3 is 2.35 bits per heavy atom. The van der Waals surface area contributed by atoms with Crippen LogP contribution in [0, 0.1) is 0 Å². The third kappa shape index (κ3) is 3.29. The highest BCUT2D eigenvalue weighted by molar-refractivity contribution is 7.98. The fraction of sp³-hybridized carbons (Fsp3) is 0.714. The van der Waals surface area contributed by atoms with Crippen molar-refractivity contribution in [3.63, 3.8) is 0 Å². The molecule has 5 nitrogen and oxygen atoms in total. The summed E-state index contributed by atoms with van der Waals surface area (Å²) in [7, 11) is 0. The highest BCUT2D eigenvalue weighted by Crippen LogP contribution is 2.19. The van der Waals surface area contributed by atoms with Gasteiger partial charge in [-0.25, -0.2) is 0 Å². The molecule has 1 aliphatic carbocycles. The molecular formula is C14H22N4OS. The predicted molar refractivity (Wildman–Crippen MR) is 82.7 cm³/mol. The van der Waals surface area contributed by atoms with Crippen molar-refractivity contribution < 1.29 is 0 Å². The Balaban J connectivity index is 2.52. The smallest absolute Gasteiger partial charge is 0.265 e. The van der Waals surface area contributed by atoms with E-state index in [0.29, 0.717) is 10.9 Å². The first-order chi connectivity index (χ1) is 9.43. The normalized spacial score (nSPS) is 16.3. The zero-order valence-electron chi connectivity index (χ0n) is 12.6. The van der Waals surface area contributed by atoms with Crippen molar-refractivity contribution in [3.8, 4) is 0 Å². The van der Waals surface area contributed by atoms with Gasteiger partial charge in [0.25, 0.3) is 5.56 Å². The summed E-state index contributed by atoms with van der Waals surface area (Å²) in [5.41, 5.74) is 1.10. The van der Waals surface area contributed by atoms with Crippen molar-refractivity contribution in [2.24, 2.45) is 5.10 Å². The summed E-state index contributed by atoms with van der Waals surface area (Å²) in [6.45, 7) is 5.90. The summed E-state index contributed by atoms with van der Waals surface area (Å²) in [4.78, 5) is 12.6. The molecule has 6 heteroatoms. The summed E-state index contributed by atoms with van der Waals surface area (Å²) >= 11 is 1.40. The number of hydrogen-bond acceptors (Lipinski definition) is 5. The Morgan fingerprint density at radius 2 is 1.80 bits per heavy atom. The third-order valence-corrected chi connectivity index (χ3v) is 4.00. The molecule has 1 aromatic rings. The van der Waals surface area contributed by atoms with E-state index in [4.69, 9.17) is 0 Å². The Bertz CT molecular complexity index is 564. The maximum absolute atomic E-state index is 12.6. The molecule has 1 saturated carbocycles. The fourth-order valence-corrected chi connectivity index (χ4v) is 2.67. The van der Waals surface area contributed by atoms with Gasteiger partial charge in [-0.1, -0.05) is 39.0 Å². The van der Waals surface area contributed by atoms with Crippen molar-refractivity contribution in [3.05, 3.63) is 16.0 Å². The Labute approximate surface area is 123 Å². The number of rotatable bonds is 2. The van der Waals surface area contributed by atoms with Crippen LogP contribution in [0.1, 0.15) is 58.6 Å². The van der Waals surface area contributed by atoms with Crippen LogP contribution in [-0.4, -0.2) is 26.8 Å². The number of nitrogens with zero attached hydrogens (tertiary/aromatic N) is 4. The summed E-state index contributed by atoms with van der Waals surface area (Å²) < 4.78 is 1.44. The lowest BCUT2D eigenvalue weighted by atomic mass is 9.93. The van der Waals surface area contributed by atoms with E-state index in [1.165, 1.54) is 22.9 Å². The maximum atomic E-state index is 12.6. The molecule has 0 atom stereocenters. The first-order valence-corrected chi connectivity index (χ1v) is 8.27. The van der Waals surface area contributed by atoms with Crippen LogP contribution in [0.3, 0.4) is 0 Å². The second kappa shape index (κ2) is 6.08. The van der Waals surface area contributed by atoms with Gasteiger partial charge in [0.2, 0.25) is 5.16 Å². The molecule has 0 amide bonds. The van der Waals surface area contributed by atoms with Crippen LogP contribution in [0.2, 0.25) is 0 Å². The van der Waals surface area contributed by atoms with Crippen LogP contribution < -0.4 is 5.56 Å². The van der Waals surface area contributed by atoms with Gasteiger partial charge in [0.15, 0.2) is 0 Å². The number of hydrogen-bond donors (Lipinski definition) is 0. The molecule has 110 valence electrons. The maximum Gasteiger partial charge on any atom is 0.297 e. The molecule has 2 rings (SSSR count). The topological polar surface area (TPSA) is 60.1 Å². The van der Waals surface area contributed by atoms with Crippen molar-refractivity contribution in [1.82, 2.24) is 14.9 Å². The first kappa shape index (κ1) is 15.2. The Kier molecular flexibility index (Phi) is 4.62. The van der Waals surface area contributed by atoms with Gasteiger partial charge in [-0.3, -0.25) is 4.79 Å². The van der Waals surface area contributed by atoms with E-state index in [1.807, 2.05) is 27.0 Å². The average molecular weight is 294 g/mol. The second-order valence-corrected chi connectivity index (χ2v) is 6.90. The van der Waals surface area contributed by atoms with Crippen molar-refractivity contribution >= 4 is 17.5 Å². The van der Waals surface area contributed by atoms with E-state index in [-0.39, 0.29) is 11.0 Å². The standard InChI is InChI=1S/C14H22N4OS/c1-14(2,3)11-12(19)18(13(20-4)16-15-11)17-10-8-6-5-7-9-10/h5-9H2,1-4H3. The predicted octanol–water partition coefficient (Wildman–Crippen LogP) is 2.83. The van der Waals surface area contributed by atoms with Crippen molar-refractivity contribution in [1.29, 1.82) is 0 Å². The lowest BCUT2D eigenvalue weighted by Crippen LogP contribution is -2.33. The monoisotopic (exact) mass is 294 g/mol. The van der Waals surface area contributed by atoms with E-state index in [2.05, 4.69) is 15.3 Å². The van der Waals surface area contributed by atoms with Gasteiger partial charge in [-0.2, -0.15) is 9.78 Å². The SMILES string of the molecule is CSc1nnc(C(C)(C)C)c(=O)n1N=C1CCCCC1. The second-order valence-electron chi connectivity index (χ2n) is 6.13. The largest absolute Gasteiger partial charge is 0.297 e. The fourth-order valence-electron chi connectivity index (χ4n) is 2.25. The molecule has 1 aromatic heterocycles. The van der Waals surface area contributed by atoms with Gasteiger partial charge in [-0.05, 0) is 31.9 Å². The van der Waals surface area contributed by atoms with Crippen LogP contribution in [-0.2, 0) is 5.41 Å². The Hall–Kier alpha value is -1.17. The highest BCUT2D eigenvalue weighted by atomic mass is 32.2. The van der Waals surface area contributed by atoms with Crippen LogP contribution >= 0.6 is 11.8 Å². The van der Waals surface area contributed by atoms with Gasteiger partial charge in [0, 0.05) is 11.1 Å². The highest BCUT2D eigenvalue weighted by Gasteiger charge is 2.23. The minimum atomic E-state index is -0.324. The quantitative estimate of drug-likeness (QED) is 0.787. The first-order valence-electron chi connectivity index (χ1n) is 7.04. The molecule has 0 aromatic carbocycles. The van der Waals surface area contributed by atoms with E-state index in [0.717, 1.165) is 31.4 Å². The van der Waals surface area contributed by atoms with Crippen LogP contribution in [0.4, 0.5) is 0 Å². The molecule has 0 bridgehead atoms. The third-order valence-electron chi connectivity index (χ3n) is 3.38. The lowest BCUT2D eigenvalue weighted by molar-refractivity contribution is 0.507. The van der Waals surface area contributed by atoms with E-state index >= 15 is 0 Å². The van der Waals surface area contributed by atoms with E-state index < -0.39 is 0 Å². The van der Waals surface area contributed by atoms with E-state index in [9.17, 15) is 4.79 Å².